The van der Waals surface area contributed by atoms with E-state index in [4.69, 9.17) is 4.74 Å². The van der Waals surface area contributed by atoms with Crippen molar-refractivity contribution >= 4 is 5.97 Å². The quantitative estimate of drug-likeness (QED) is 0.887. The van der Waals surface area contributed by atoms with Crippen LogP contribution in [-0.4, -0.2) is 20.6 Å². The molecule has 2 aromatic rings. The van der Waals surface area contributed by atoms with Gasteiger partial charge in [-0.3, -0.25) is 14.3 Å². The van der Waals surface area contributed by atoms with Gasteiger partial charge in [0.15, 0.2) is 0 Å². The summed E-state index contributed by atoms with van der Waals surface area (Å²) in [7, 11) is 0. The lowest BCUT2D eigenvalue weighted by Crippen LogP contribution is -2.44. The molecule has 0 bridgehead atoms. The third-order valence-corrected chi connectivity index (χ3v) is 3.49. The maximum atomic E-state index is 12.3. The van der Waals surface area contributed by atoms with Gasteiger partial charge in [0.25, 0.3) is 5.56 Å². The number of carboxylic acid groups (broad SMARTS) is 1. The molecular weight excluding hydrogens is 284 g/mol. The van der Waals surface area contributed by atoms with Gasteiger partial charge in [-0.15, -0.1) is 0 Å². The van der Waals surface area contributed by atoms with Crippen LogP contribution in [0.2, 0.25) is 0 Å². The molecule has 1 unspecified atom stereocenters. The fraction of sp³-hybridized carbons (Fsp3) is 0.312. The second kappa shape index (κ2) is 6.43. The summed E-state index contributed by atoms with van der Waals surface area (Å²) >= 11 is 0. The van der Waals surface area contributed by atoms with Crippen molar-refractivity contribution in [1.82, 2.24) is 9.55 Å². The maximum absolute atomic E-state index is 12.3. The molecule has 1 N–H and O–H groups in total. The molecule has 0 radical (unpaired) electrons. The Balaban J connectivity index is 2.34. The van der Waals surface area contributed by atoms with Crippen molar-refractivity contribution < 1.29 is 14.6 Å². The van der Waals surface area contributed by atoms with Gasteiger partial charge in [-0.2, -0.15) is 0 Å². The van der Waals surface area contributed by atoms with Crippen LogP contribution in [0, 0.1) is 0 Å². The summed E-state index contributed by atoms with van der Waals surface area (Å²) in [6.45, 7) is 3.42. The van der Waals surface area contributed by atoms with Crippen LogP contribution < -0.4 is 10.3 Å². The molecule has 0 aromatic carbocycles. The second-order valence-electron chi connectivity index (χ2n) is 5.19. The minimum absolute atomic E-state index is 0.346. The zero-order valence-electron chi connectivity index (χ0n) is 12.5. The van der Waals surface area contributed by atoms with Crippen LogP contribution in [0.25, 0.3) is 0 Å². The number of hydrogen-bond donors (Lipinski definition) is 1. The number of hydrogen-bond acceptors (Lipinski definition) is 4. The number of pyridine rings is 2. The molecule has 22 heavy (non-hydrogen) atoms. The molecule has 0 amide bonds. The maximum Gasteiger partial charge on any atom is 0.329 e. The van der Waals surface area contributed by atoms with E-state index in [-0.39, 0.29) is 0 Å². The van der Waals surface area contributed by atoms with Gasteiger partial charge in [-0.25, -0.2) is 4.79 Å². The molecule has 2 heterocycles. The highest BCUT2D eigenvalue weighted by molar-refractivity contribution is 5.76. The predicted molar refractivity (Wildman–Crippen MR) is 81.2 cm³/mol. The lowest BCUT2D eigenvalue weighted by atomic mass is 9.95. The van der Waals surface area contributed by atoms with E-state index in [0.717, 1.165) is 0 Å². The zero-order chi connectivity index (χ0) is 16.2. The molecule has 0 aliphatic heterocycles. The highest BCUT2D eigenvalue weighted by Crippen LogP contribution is 2.23. The van der Waals surface area contributed by atoms with Crippen molar-refractivity contribution in [2.24, 2.45) is 0 Å². The molecule has 0 fully saturated rings. The van der Waals surface area contributed by atoms with Gasteiger partial charge in [0.1, 0.15) is 17.0 Å². The molecule has 6 heteroatoms. The summed E-state index contributed by atoms with van der Waals surface area (Å²) in [5, 5.41) is 9.45. The monoisotopic (exact) mass is 302 g/mol. The summed E-state index contributed by atoms with van der Waals surface area (Å²) in [4.78, 5) is 27.7. The van der Waals surface area contributed by atoms with Crippen molar-refractivity contribution in [1.29, 1.82) is 0 Å². The Labute approximate surface area is 128 Å². The van der Waals surface area contributed by atoms with Gasteiger partial charge < -0.3 is 9.84 Å². The predicted octanol–water partition coefficient (Wildman–Crippen LogP) is 2.64. The Kier molecular flexibility index (Phi) is 4.60. The first kappa shape index (κ1) is 15.8. The van der Waals surface area contributed by atoms with Crippen molar-refractivity contribution in [3.63, 3.8) is 0 Å². The van der Waals surface area contributed by atoms with Gasteiger partial charge >= 0.3 is 5.97 Å². The van der Waals surface area contributed by atoms with E-state index in [0.29, 0.717) is 24.3 Å². The van der Waals surface area contributed by atoms with Crippen LogP contribution in [0.4, 0.5) is 0 Å². The van der Waals surface area contributed by atoms with Gasteiger partial charge in [-0.1, -0.05) is 13.3 Å². The highest BCUT2D eigenvalue weighted by atomic mass is 16.5. The summed E-state index contributed by atoms with van der Waals surface area (Å²) in [5.41, 5.74) is -1.68. The highest BCUT2D eigenvalue weighted by Gasteiger charge is 2.34. The standard InChI is InChI=1S/C16H18N2O4/c1-3-7-16(2,15(20)21)18-9-6-12(10-14(18)19)22-13-5-4-8-17-11-13/h4-6,8-11H,3,7H2,1-2H3,(H,20,21). The average Bonchev–Trinajstić information content (AvgIpc) is 2.48. The third-order valence-electron chi connectivity index (χ3n) is 3.49. The molecule has 0 saturated heterocycles. The fourth-order valence-electron chi connectivity index (χ4n) is 2.29. The Morgan fingerprint density at radius 2 is 2.18 bits per heavy atom. The third kappa shape index (κ3) is 3.16. The second-order valence-corrected chi connectivity index (χ2v) is 5.19. The first-order chi connectivity index (χ1) is 10.5. The van der Waals surface area contributed by atoms with Crippen molar-refractivity contribution in [2.75, 3.05) is 0 Å². The minimum atomic E-state index is -1.27. The van der Waals surface area contributed by atoms with Crippen LogP contribution in [0.1, 0.15) is 26.7 Å². The Morgan fingerprint density at radius 3 is 2.73 bits per heavy atom. The van der Waals surface area contributed by atoms with E-state index in [1.165, 1.54) is 23.0 Å². The number of aliphatic carboxylic acids is 1. The fourth-order valence-corrected chi connectivity index (χ4v) is 2.29. The summed E-state index contributed by atoms with van der Waals surface area (Å²) in [6, 6.07) is 6.30. The van der Waals surface area contributed by atoms with E-state index in [1.807, 2.05) is 6.92 Å². The molecule has 116 valence electrons. The Morgan fingerprint density at radius 1 is 1.41 bits per heavy atom. The molecule has 6 nitrogen and oxygen atoms in total. The van der Waals surface area contributed by atoms with Gasteiger partial charge in [0.2, 0.25) is 0 Å². The number of ether oxygens (including phenoxy) is 1. The first-order valence-electron chi connectivity index (χ1n) is 7.02. The minimum Gasteiger partial charge on any atom is -0.479 e. The Hall–Kier alpha value is -2.63. The topological polar surface area (TPSA) is 81.4 Å². The van der Waals surface area contributed by atoms with Gasteiger partial charge in [-0.05, 0) is 31.5 Å². The molecule has 0 spiro atoms. The molecular formula is C16H18N2O4. The van der Waals surface area contributed by atoms with Crippen LogP contribution in [0.15, 0.2) is 47.7 Å². The summed E-state index contributed by atoms with van der Waals surface area (Å²) < 4.78 is 6.76. The zero-order valence-corrected chi connectivity index (χ0v) is 12.5. The van der Waals surface area contributed by atoms with E-state index in [1.54, 1.807) is 31.3 Å². The van der Waals surface area contributed by atoms with Crippen LogP contribution in [0.5, 0.6) is 11.5 Å². The molecule has 0 aliphatic rings. The molecule has 0 aliphatic carbocycles. The van der Waals surface area contributed by atoms with Crippen molar-refractivity contribution in [3.8, 4) is 11.5 Å². The number of carboxylic acids is 1. The van der Waals surface area contributed by atoms with Crippen LogP contribution >= 0.6 is 0 Å². The SMILES string of the molecule is CCCC(C)(C(=O)O)n1ccc(Oc2cccnc2)cc1=O. The molecule has 1 atom stereocenters. The first-order valence-corrected chi connectivity index (χ1v) is 7.02. The lowest BCUT2D eigenvalue weighted by Gasteiger charge is -2.27. The molecule has 2 rings (SSSR count). The van der Waals surface area contributed by atoms with E-state index >= 15 is 0 Å². The van der Waals surface area contributed by atoms with Gasteiger partial charge in [0.05, 0.1) is 6.20 Å². The lowest BCUT2D eigenvalue weighted by molar-refractivity contribution is -0.147. The average molecular weight is 302 g/mol. The number of nitrogens with zero attached hydrogens (tertiary/aromatic N) is 2. The normalized spacial score (nSPS) is 13.4. The van der Waals surface area contributed by atoms with Gasteiger partial charge in [0, 0.05) is 18.5 Å². The smallest absolute Gasteiger partial charge is 0.329 e. The van der Waals surface area contributed by atoms with E-state index < -0.39 is 17.1 Å². The largest absolute Gasteiger partial charge is 0.479 e. The summed E-state index contributed by atoms with van der Waals surface area (Å²) in [6.07, 6.45) is 5.63. The number of rotatable bonds is 6. The van der Waals surface area contributed by atoms with Crippen LogP contribution in [-0.2, 0) is 10.3 Å². The Bertz CT molecular complexity index is 712. The van der Waals surface area contributed by atoms with E-state index in [9.17, 15) is 14.7 Å². The van der Waals surface area contributed by atoms with Crippen LogP contribution in [0.3, 0.4) is 0 Å². The van der Waals surface area contributed by atoms with Crippen molar-refractivity contribution in [3.05, 3.63) is 53.2 Å². The summed E-state index contributed by atoms with van der Waals surface area (Å²) in [5.74, 6) is -0.176. The molecule has 2 aromatic heterocycles. The number of carbonyl (C=O) groups is 1. The van der Waals surface area contributed by atoms with Crippen molar-refractivity contribution in [2.45, 2.75) is 32.2 Å². The molecule has 0 saturated carbocycles. The number of aromatic nitrogens is 2. The van der Waals surface area contributed by atoms with E-state index in [2.05, 4.69) is 4.98 Å².